The lowest BCUT2D eigenvalue weighted by molar-refractivity contribution is 0.669. The highest BCUT2D eigenvalue weighted by Gasteiger charge is 2.52. The van der Waals surface area contributed by atoms with E-state index in [-0.39, 0.29) is 0 Å². The second-order valence-electron chi connectivity index (χ2n) is 20.1. The van der Waals surface area contributed by atoms with Crippen molar-refractivity contribution in [1.82, 2.24) is 4.98 Å². The first-order valence-corrected chi connectivity index (χ1v) is 26.9. The summed E-state index contributed by atoms with van der Waals surface area (Å²) in [5.74, 6) is 0.464. The van der Waals surface area contributed by atoms with Crippen molar-refractivity contribution in [3.05, 3.63) is 281 Å². The predicted octanol–water partition coefficient (Wildman–Crippen LogP) is 18.1. The third-order valence-electron chi connectivity index (χ3n) is 16.4. The summed E-state index contributed by atoms with van der Waals surface area (Å²) in [6.45, 7) is 2.34. The van der Waals surface area contributed by atoms with Crippen LogP contribution in [0.5, 0.6) is 0 Å². The van der Waals surface area contributed by atoms with Crippen LogP contribution in [0.3, 0.4) is 0 Å². The number of para-hydroxylation sites is 1. The van der Waals surface area contributed by atoms with Crippen molar-refractivity contribution in [3.63, 3.8) is 0 Å². The number of hydrogen-bond acceptors (Lipinski definition) is 5. The average molecular weight is 969 g/mol. The van der Waals surface area contributed by atoms with Gasteiger partial charge < -0.3 is 9.32 Å². The van der Waals surface area contributed by atoms with Gasteiger partial charge in [-0.1, -0.05) is 182 Å². The lowest BCUT2D eigenvalue weighted by Crippen LogP contribution is -2.33. The molecule has 0 saturated heterocycles. The molecule has 0 radical (unpaired) electrons. The Morgan fingerprint density at radius 2 is 1.07 bits per heavy atom. The molecule has 0 bridgehead atoms. The standard InChI is InChI=1S/C68H44N2OS2/c1-41-29-33-53-49(37-41)47-17-4-8-21-52(47)68(53)55-23-10-13-28-63(55)73-65-36-32-43(39-57(65)68)70(59-24-14-26-61-66(59)48-18-5-11-25-60(48)71-61)44-31-34-58(69-40-44)42-30-35-64-56(38-42)67(54-22-9-12-27-62(54)72-64)50-19-6-2-15-45(50)46-16-3-7-20-51(46)67/h2-36,38-41H,37H2,1H3. The van der Waals surface area contributed by atoms with Crippen molar-refractivity contribution in [2.24, 2.45) is 5.92 Å². The molecule has 2 spiro atoms. The van der Waals surface area contributed by atoms with E-state index in [1.165, 1.54) is 86.4 Å². The van der Waals surface area contributed by atoms with Gasteiger partial charge in [0.2, 0.25) is 0 Å². The van der Waals surface area contributed by atoms with E-state index in [4.69, 9.17) is 9.40 Å². The van der Waals surface area contributed by atoms with Crippen molar-refractivity contribution < 1.29 is 4.42 Å². The minimum Gasteiger partial charge on any atom is -0.456 e. The molecule has 0 fully saturated rings. The van der Waals surface area contributed by atoms with Gasteiger partial charge in [-0.05, 0) is 152 Å². The summed E-state index contributed by atoms with van der Waals surface area (Å²) in [6, 6.07) is 78.9. The van der Waals surface area contributed by atoms with Crippen LogP contribution >= 0.6 is 23.5 Å². The number of anilines is 3. The van der Waals surface area contributed by atoms with Gasteiger partial charge in [0.25, 0.3) is 0 Å². The molecule has 73 heavy (non-hydrogen) atoms. The molecule has 16 rings (SSSR count). The van der Waals surface area contributed by atoms with E-state index in [0.717, 1.165) is 56.7 Å². The number of benzene rings is 9. The van der Waals surface area contributed by atoms with Gasteiger partial charge in [-0.2, -0.15) is 0 Å². The SMILES string of the molecule is CC1C=CC2=C(C1)c1ccccc1C21c2ccccc2Sc2ccc(N(c3ccc(-c4ccc5c(c4)C4(c6ccccc6S5)c5ccccc5-c5ccccc54)nc3)c3cccc4oc5ccccc5c34)cc21. The van der Waals surface area contributed by atoms with Gasteiger partial charge in [-0.25, -0.2) is 0 Å². The van der Waals surface area contributed by atoms with Crippen LogP contribution in [0, 0.1) is 5.92 Å². The molecule has 2 aliphatic heterocycles. The summed E-state index contributed by atoms with van der Waals surface area (Å²) >= 11 is 3.76. The largest absolute Gasteiger partial charge is 0.456 e. The van der Waals surface area contributed by atoms with Crippen molar-refractivity contribution in [3.8, 4) is 22.4 Å². The molecule has 2 atom stereocenters. The predicted molar refractivity (Wildman–Crippen MR) is 300 cm³/mol. The highest BCUT2D eigenvalue weighted by molar-refractivity contribution is 7.99. The smallest absolute Gasteiger partial charge is 0.137 e. The first-order chi connectivity index (χ1) is 36.1. The summed E-state index contributed by atoms with van der Waals surface area (Å²) in [5, 5.41) is 2.16. The van der Waals surface area contributed by atoms with E-state index >= 15 is 0 Å². The molecule has 3 aliphatic carbocycles. The fourth-order valence-corrected chi connectivity index (χ4v) is 15.9. The molecular weight excluding hydrogens is 925 g/mol. The highest BCUT2D eigenvalue weighted by Crippen LogP contribution is 2.65. The zero-order chi connectivity index (χ0) is 48.0. The van der Waals surface area contributed by atoms with Crippen LogP contribution in [-0.2, 0) is 10.8 Å². The lowest BCUT2D eigenvalue weighted by Gasteiger charge is -2.41. The van der Waals surface area contributed by atoms with Crippen LogP contribution in [0.25, 0.3) is 49.9 Å². The van der Waals surface area contributed by atoms with Gasteiger partial charge in [-0.15, -0.1) is 0 Å². The monoisotopic (exact) mass is 968 g/mol. The van der Waals surface area contributed by atoms with E-state index in [0.29, 0.717) is 5.92 Å². The van der Waals surface area contributed by atoms with Crippen molar-refractivity contribution >= 4 is 68.1 Å². The molecule has 4 heterocycles. The van der Waals surface area contributed by atoms with Crippen molar-refractivity contribution in [2.45, 2.75) is 43.8 Å². The van der Waals surface area contributed by atoms with Gasteiger partial charge in [0.1, 0.15) is 11.2 Å². The van der Waals surface area contributed by atoms with Crippen LogP contribution in [-0.4, -0.2) is 4.98 Å². The number of nitrogens with zero attached hydrogens (tertiary/aromatic N) is 2. The summed E-state index contributed by atoms with van der Waals surface area (Å²) in [4.78, 5) is 13.0. The Balaban J connectivity index is 0.894. The molecule has 2 unspecified atom stereocenters. The maximum Gasteiger partial charge on any atom is 0.137 e. The minimum absolute atomic E-state index is 0.464. The summed E-state index contributed by atoms with van der Waals surface area (Å²) in [7, 11) is 0. The second kappa shape index (κ2) is 15.5. The zero-order valence-corrected chi connectivity index (χ0v) is 41.5. The quantitative estimate of drug-likeness (QED) is 0.175. The second-order valence-corrected chi connectivity index (χ2v) is 22.3. The van der Waals surface area contributed by atoms with Crippen LogP contribution in [0.15, 0.2) is 260 Å². The number of allylic oxidation sites excluding steroid dienone is 4. The molecule has 5 heteroatoms. The number of aromatic nitrogens is 1. The molecule has 0 saturated carbocycles. The Hall–Kier alpha value is -8.09. The molecule has 3 nitrogen and oxygen atoms in total. The molecule has 5 aliphatic rings. The van der Waals surface area contributed by atoms with Crippen LogP contribution in [0.2, 0.25) is 0 Å². The Kier molecular flexibility index (Phi) is 8.79. The molecule has 11 aromatic rings. The fraction of sp³-hybridized carbons (Fsp3) is 0.0735. The van der Waals surface area contributed by atoms with E-state index in [2.05, 4.69) is 242 Å². The molecule has 0 amide bonds. The normalized spacial score (nSPS) is 18.0. The van der Waals surface area contributed by atoms with Crippen LogP contribution in [0.4, 0.5) is 17.1 Å². The number of hydrogen-bond donors (Lipinski definition) is 0. The third-order valence-corrected chi connectivity index (χ3v) is 18.7. The number of pyridine rings is 1. The maximum atomic E-state index is 6.59. The molecule has 0 N–H and O–H groups in total. The fourth-order valence-electron chi connectivity index (χ4n) is 13.5. The summed E-state index contributed by atoms with van der Waals surface area (Å²) in [5.41, 5.74) is 22.0. The number of rotatable bonds is 4. The molecular formula is C68H44N2OS2. The van der Waals surface area contributed by atoms with Crippen molar-refractivity contribution in [2.75, 3.05) is 4.90 Å². The van der Waals surface area contributed by atoms with E-state index < -0.39 is 10.8 Å². The van der Waals surface area contributed by atoms with Gasteiger partial charge in [0.15, 0.2) is 0 Å². The van der Waals surface area contributed by atoms with Gasteiger partial charge in [-0.3, -0.25) is 4.98 Å². The zero-order valence-electron chi connectivity index (χ0n) is 39.8. The van der Waals surface area contributed by atoms with Crippen LogP contribution in [0.1, 0.15) is 57.9 Å². The van der Waals surface area contributed by atoms with E-state index in [9.17, 15) is 0 Å². The average Bonchev–Trinajstić information content (AvgIpc) is 4.14. The lowest BCUT2D eigenvalue weighted by atomic mass is 9.65. The first-order valence-electron chi connectivity index (χ1n) is 25.3. The van der Waals surface area contributed by atoms with Gasteiger partial charge in [0, 0.05) is 36.2 Å². The summed E-state index contributed by atoms with van der Waals surface area (Å²) < 4.78 is 6.59. The van der Waals surface area contributed by atoms with Gasteiger partial charge >= 0.3 is 0 Å². The topological polar surface area (TPSA) is 29.3 Å². The summed E-state index contributed by atoms with van der Waals surface area (Å²) in [6.07, 6.45) is 7.98. The Bertz CT molecular complexity index is 4190. The minimum atomic E-state index is -0.485. The van der Waals surface area contributed by atoms with E-state index in [1.807, 2.05) is 23.5 Å². The third kappa shape index (κ3) is 5.61. The first kappa shape index (κ1) is 41.5. The number of fused-ring (bicyclic) bond motifs is 20. The van der Waals surface area contributed by atoms with E-state index in [1.54, 1.807) is 0 Å². The Morgan fingerprint density at radius 3 is 1.79 bits per heavy atom. The van der Waals surface area contributed by atoms with Crippen molar-refractivity contribution in [1.29, 1.82) is 0 Å². The molecule has 9 aromatic carbocycles. The van der Waals surface area contributed by atoms with Crippen LogP contribution < -0.4 is 4.90 Å². The molecule has 344 valence electrons. The number of furan rings is 1. The molecule has 2 aromatic heterocycles. The maximum absolute atomic E-state index is 6.59. The Morgan fingerprint density at radius 1 is 0.493 bits per heavy atom. The van der Waals surface area contributed by atoms with Gasteiger partial charge in [0.05, 0.1) is 39.5 Å². The highest BCUT2D eigenvalue weighted by atomic mass is 32.2. The Labute approximate surface area is 432 Å².